The van der Waals surface area contributed by atoms with E-state index in [4.69, 9.17) is 0 Å². The largest absolute Gasteiger partial charge is 0.340 e. The summed E-state index contributed by atoms with van der Waals surface area (Å²) >= 11 is 0. The predicted octanol–water partition coefficient (Wildman–Crippen LogP) is 1.40. The van der Waals surface area contributed by atoms with Gasteiger partial charge in [0.2, 0.25) is 11.8 Å². The Kier molecular flexibility index (Phi) is 2.83. The molecule has 1 spiro atoms. The molecule has 4 nitrogen and oxygen atoms in total. The van der Waals surface area contributed by atoms with E-state index in [2.05, 4.69) is 0 Å². The number of rotatable bonds is 1. The number of likely N-dealkylation sites (N-methyl/N-ethyl adjacent to an activating group) is 1. The first kappa shape index (κ1) is 12.0. The summed E-state index contributed by atoms with van der Waals surface area (Å²) in [6, 6.07) is 0. The minimum absolute atomic E-state index is 0.0574. The fourth-order valence-electron chi connectivity index (χ4n) is 3.54. The molecule has 0 N–H and O–H groups in total. The van der Waals surface area contributed by atoms with Crippen molar-refractivity contribution in [3.8, 4) is 0 Å². The fraction of sp³-hybridized carbons (Fsp3) is 0.857. The number of nitrogens with zero attached hydrogens (tertiary/aromatic N) is 2. The Morgan fingerprint density at radius 2 is 2.00 bits per heavy atom. The van der Waals surface area contributed by atoms with Gasteiger partial charge >= 0.3 is 0 Å². The Morgan fingerprint density at radius 3 is 2.72 bits per heavy atom. The molecule has 0 aromatic carbocycles. The fourth-order valence-corrected chi connectivity index (χ4v) is 3.54. The zero-order valence-electron chi connectivity index (χ0n) is 11.2. The maximum atomic E-state index is 12.2. The van der Waals surface area contributed by atoms with Gasteiger partial charge in [-0.2, -0.15) is 0 Å². The van der Waals surface area contributed by atoms with Crippen LogP contribution in [0.5, 0.6) is 0 Å². The van der Waals surface area contributed by atoms with E-state index in [0.29, 0.717) is 18.2 Å². The second-order valence-corrected chi connectivity index (χ2v) is 6.17. The average molecular weight is 250 g/mol. The first-order chi connectivity index (χ1) is 8.62. The number of piperidine rings is 2. The van der Waals surface area contributed by atoms with Crippen LogP contribution >= 0.6 is 0 Å². The van der Waals surface area contributed by atoms with Crippen molar-refractivity contribution >= 4 is 11.8 Å². The van der Waals surface area contributed by atoms with Crippen LogP contribution in [-0.4, -0.2) is 47.3 Å². The summed E-state index contributed by atoms with van der Waals surface area (Å²) in [5.74, 6) is 0.882. The monoisotopic (exact) mass is 250 g/mol. The topological polar surface area (TPSA) is 40.6 Å². The summed E-state index contributed by atoms with van der Waals surface area (Å²) in [4.78, 5) is 28.1. The molecule has 2 heterocycles. The van der Waals surface area contributed by atoms with E-state index in [1.54, 1.807) is 0 Å². The normalized spacial score (nSPS) is 33.1. The van der Waals surface area contributed by atoms with Crippen LogP contribution in [0, 0.1) is 5.92 Å². The molecule has 0 aromatic heterocycles. The van der Waals surface area contributed by atoms with Crippen molar-refractivity contribution in [3.63, 3.8) is 0 Å². The summed E-state index contributed by atoms with van der Waals surface area (Å²) in [6.07, 6.45) is 6.95. The summed E-state index contributed by atoms with van der Waals surface area (Å²) in [6.45, 7) is 1.66. The molecule has 1 atom stereocenters. The predicted molar refractivity (Wildman–Crippen MR) is 67.9 cm³/mol. The van der Waals surface area contributed by atoms with E-state index in [1.165, 1.54) is 0 Å². The van der Waals surface area contributed by atoms with Gasteiger partial charge in [0.25, 0.3) is 0 Å². The van der Waals surface area contributed by atoms with Crippen molar-refractivity contribution < 1.29 is 9.59 Å². The first-order valence-corrected chi connectivity index (χ1v) is 7.18. The third-order valence-electron chi connectivity index (χ3n) is 4.91. The molecule has 0 aromatic rings. The molecular weight excluding hydrogens is 228 g/mol. The van der Waals surface area contributed by atoms with Gasteiger partial charge in [0, 0.05) is 32.5 Å². The highest BCUT2D eigenvalue weighted by molar-refractivity contribution is 5.82. The van der Waals surface area contributed by atoms with E-state index in [-0.39, 0.29) is 11.4 Å². The Hall–Kier alpha value is -1.06. The first-order valence-electron chi connectivity index (χ1n) is 7.18. The van der Waals surface area contributed by atoms with Gasteiger partial charge in [0.1, 0.15) is 0 Å². The Morgan fingerprint density at radius 1 is 1.28 bits per heavy atom. The third-order valence-corrected chi connectivity index (χ3v) is 4.91. The number of hydrogen-bond acceptors (Lipinski definition) is 2. The van der Waals surface area contributed by atoms with Crippen LogP contribution in [0.1, 0.15) is 44.9 Å². The molecule has 3 aliphatic rings. The van der Waals surface area contributed by atoms with Crippen molar-refractivity contribution in [2.24, 2.45) is 5.92 Å². The third kappa shape index (κ3) is 1.91. The minimum atomic E-state index is -0.0574. The summed E-state index contributed by atoms with van der Waals surface area (Å²) < 4.78 is 0. The van der Waals surface area contributed by atoms with E-state index >= 15 is 0 Å². The average Bonchev–Trinajstić information content (AvgIpc) is 3.20. The summed E-state index contributed by atoms with van der Waals surface area (Å²) in [7, 11) is 1.92. The van der Waals surface area contributed by atoms with Crippen molar-refractivity contribution in [2.75, 3.05) is 20.1 Å². The maximum absolute atomic E-state index is 12.2. The molecule has 2 saturated heterocycles. The summed E-state index contributed by atoms with van der Waals surface area (Å²) in [5, 5.41) is 0. The van der Waals surface area contributed by atoms with Crippen LogP contribution in [-0.2, 0) is 9.59 Å². The van der Waals surface area contributed by atoms with Gasteiger partial charge in [-0.25, -0.2) is 0 Å². The highest BCUT2D eigenvalue weighted by atomic mass is 16.2. The van der Waals surface area contributed by atoms with E-state index in [1.807, 2.05) is 16.8 Å². The van der Waals surface area contributed by atoms with Gasteiger partial charge in [-0.05, 0) is 38.5 Å². The van der Waals surface area contributed by atoms with Crippen LogP contribution < -0.4 is 0 Å². The van der Waals surface area contributed by atoms with Crippen LogP contribution in [0.2, 0.25) is 0 Å². The second-order valence-electron chi connectivity index (χ2n) is 6.17. The van der Waals surface area contributed by atoms with Crippen molar-refractivity contribution in [2.45, 2.75) is 50.5 Å². The smallest absolute Gasteiger partial charge is 0.225 e. The quantitative estimate of drug-likeness (QED) is 0.706. The van der Waals surface area contributed by atoms with Crippen LogP contribution in [0.15, 0.2) is 0 Å². The zero-order valence-corrected chi connectivity index (χ0v) is 11.2. The number of likely N-dealkylation sites (tertiary alicyclic amines) is 2. The molecule has 0 radical (unpaired) electrons. The van der Waals surface area contributed by atoms with E-state index < -0.39 is 0 Å². The highest BCUT2D eigenvalue weighted by Crippen LogP contribution is 2.38. The molecule has 0 bridgehead atoms. The minimum Gasteiger partial charge on any atom is -0.340 e. The van der Waals surface area contributed by atoms with Gasteiger partial charge in [-0.3, -0.25) is 9.59 Å². The molecule has 3 fully saturated rings. The number of carbonyl (C=O) groups is 2. The standard InChI is InChI=1S/C14H22N2O2/c1-15-12(17)4-2-7-14(15)8-3-9-16(10-14)13(18)11-5-6-11/h11H,2-10H2,1H3. The van der Waals surface area contributed by atoms with Crippen LogP contribution in [0.25, 0.3) is 0 Å². The van der Waals surface area contributed by atoms with Gasteiger partial charge < -0.3 is 9.80 Å². The van der Waals surface area contributed by atoms with Crippen LogP contribution in [0.4, 0.5) is 0 Å². The molecule has 2 aliphatic heterocycles. The number of carbonyl (C=O) groups excluding carboxylic acids is 2. The number of amides is 2. The molecule has 3 rings (SSSR count). The lowest BCUT2D eigenvalue weighted by Crippen LogP contribution is -2.61. The number of hydrogen-bond donors (Lipinski definition) is 0. The summed E-state index contributed by atoms with van der Waals surface area (Å²) in [5.41, 5.74) is -0.0574. The highest BCUT2D eigenvalue weighted by Gasteiger charge is 2.45. The Labute approximate surface area is 108 Å². The van der Waals surface area contributed by atoms with Crippen LogP contribution in [0.3, 0.4) is 0 Å². The molecule has 4 heteroatoms. The van der Waals surface area contributed by atoms with Gasteiger partial charge in [0.05, 0.1) is 5.54 Å². The molecule has 1 saturated carbocycles. The second kappa shape index (κ2) is 4.25. The molecule has 100 valence electrons. The van der Waals surface area contributed by atoms with Gasteiger partial charge in [0.15, 0.2) is 0 Å². The van der Waals surface area contributed by atoms with E-state index in [0.717, 1.165) is 51.6 Å². The Balaban J connectivity index is 1.75. The molecule has 2 amide bonds. The van der Waals surface area contributed by atoms with Gasteiger partial charge in [-0.15, -0.1) is 0 Å². The lowest BCUT2D eigenvalue weighted by atomic mass is 9.80. The lowest BCUT2D eigenvalue weighted by molar-refractivity contribution is -0.148. The van der Waals surface area contributed by atoms with Gasteiger partial charge in [-0.1, -0.05) is 0 Å². The van der Waals surface area contributed by atoms with Crippen molar-refractivity contribution in [1.82, 2.24) is 9.80 Å². The SMILES string of the molecule is CN1C(=O)CCCC12CCCN(C(=O)C1CC1)C2. The van der Waals surface area contributed by atoms with Crippen molar-refractivity contribution in [3.05, 3.63) is 0 Å². The lowest BCUT2D eigenvalue weighted by Gasteiger charge is -2.50. The molecule has 1 unspecified atom stereocenters. The molecule has 18 heavy (non-hydrogen) atoms. The Bertz CT molecular complexity index is 374. The molecule has 1 aliphatic carbocycles. The van der Waals surface area contributed by atoms with Crippen molar-refractivity contribution in [1.29, 1.82) is 0 Å². The van der Waals surface area contributed by atoms with E-state index in [9.17, 15) is 9.59 Å². The maximum Gasteiger partial charge on any atom is 0.225 e. The zero-order chi connectivity index (χ0) is 12.8. The molecular formula is C14H22N2O2.